The number of likely N-dealkylation sites (N-methyl/N-ethyl adjacent to an activating group) is 1. The van der Waals surface area contributed by atoms with Gasteiger partial charge in [0.05, 0.1) is 0 Å². The van der Waals surface area contributed by atoms with E-state index in [-0.39, 0.29) is 5.82 Å². The van der Waals surface area contributed by atoms with Crippen LogP contribution in [0.3, 0.4) is 0 Å². The molecule has 0 fully saturated rings. The van der Waals surface area contributed by atoms with Gasteiger partial charge in [0.1, 0.15) is 6.61 Å². The van der Waals surface area contributed by atoms with Crippen molar-refractivity contribution in [2.45, 2.75) is 13.3 Å². The molecule has 0 bridgehead atoms. The molecule has 0 unspecified atom stereocenters. The van der Waals surface area contributed by atoms with E-state index >= 15 is 0 Å². The molecule has 150 valence electrons. The second kappa shape index (κ2) is 10.0. The predicted octanol–water partition coefficient (Wildman–Crippen LogP) is 6.14. The molecule has 3 heteroatoms. The van der Waals surface area contributed by atoms with Crippen LogP contribution in [0.2, 0.25) is 0 Å². The number of ether oxygens (including phenoxy) is 1. The van der Waals surface area contributed by atoms with Gasteiger partial charge in [-0.15, -0.1) is 0 Å². The summed E-state index contributed by atoms with van der Waals surface area (Å²) in [5.41, 5.74) is 5.33. The fraction of sp³-hybridized carbons (Fsp3) is 0.231. The Labute approximate surface area is 173 Å². The van der Waals surface area contributed by atoms with Crippen LogP contribution in [-0.2, 0) is 0 Å². The highest BCUT2D eigenvalue weighted by Gasteiger charge is 2.15. The number of benzene rings is 3. The largest absolute Gasteiger partial charge is 0.489 e. The van der Waals surface area contributed by atoms with Crippen molar-refractivity contribution in [3.63, 3.8) is 0 Å². The van der Waals surface area contributed by atoms with Crippen LogP contribution in [0.1, 0.15) is 30.0 Å². The number of rotatable bonds is 8. The quantitative estimate of drug-likeness (QED) is 0.429. The third kappa shape index (κ3) is 5.33. The van der Waals surface area contributed by atoms with Gasteiger partial charge in [-0.2, -0.15) is 0 Å². The topological polar surface area (TPSA) is 12.5 Å². The zero-order chi connectivity index (χ0) is 20.6. The van der Waals surface area contributed by atoms with E-state index in [1.54, 1.807) is 12.1 Å². The van der Waals surface area contributed by atoms with Crippen molar-refractivity contribution in [2.24, 2.45) is 0 Å². The first-order valence-corrected chi connectivity index (χ1v) is 10.0. The molecule has 0 spiro atoms. The molecule has 0 aliphatic carbocycles. The van der Waals surface area contributed by atoms with Crippen molar-refractivity contribution >= 4 is 11.1 Å². The summed E-state index contributed by atoms with van der Waals surface area (Å²) in [6.45, 7) is 3.33. The number of nitrogens with zero attached hydrogens (tertiary/aromatic N) is 1. The molecule has 0 amide bonds. The lowest BCUT2D eigenvalue weighted by molar-refractivity contribution is 0.252. The minimum Gasteiger partial charge on any atom is -0.489 e. The Morgan fingerprint density at radius 3 is 2.00 bits per heavy atom. The molecule has 0 radical (unpaired) electrons. The van der Waals surface area contributed by atoms with E-state index in [2.05, 4.69) is 31.2 Å². The van der Waals surface area contributed by atoms with Gasteiger partial charge in [-0.3, -0.25) is 0 Å². The SMILES string of the molecule is CC/C(=C(\c1ccccc1)c1ccc(OCCN(C)C)c(F)c1)c1ccccc1. The van der Waals surface area contributed by atoms with Gasteiger partial charge in [0, 0.05) is 6.54 Å². The lowest BCUT2D eigenvalue weighted by atomic mass is 9.88. The standard InChI is InChI=1S/C26H28FNO/c1-4-23(20-11-7-5-8-12-20)26(21-13-9-6-10-14-21)22-15-16-25(24(27)19-22)29-18-17-28(2)3/h5-16,19H,4,17-18H2,1-3H3/b26-23-. The van der Waals surface area contributed by atoms with Crippen molar-refractivity contribution in [1.29, 1.82) is 0 Å². The average molecular weight is 390 g/mol. The Morgan fingerprint density at radius 2 is 1.45 bits per heavy atom. The summed E-state index contributed by atoms with van der Waals surface area (Å²) in [7, 11) is 3.94. The van der Waals surface area contributed by atoms with Gasteiger partial charge in [-0.25, -0.2) is 4.39 Å². The maximum atomic E-state index is 14.9. The zero-order valence-electron chi connectivity index (χ0n) is 17.4. The molecule has 0 saturated heterocycles. The van der Waals surface area contributed by atoms with Gasteiger partial charge in [0.15, 0.2) is 11.6 Å². The van der Waals surface area contributed by atoms with Crippen LogP contribution < -0.4 is 4.74 Å². The first-order chi connectivity index (χ1) is 14.1. The molecule has 0 aliphatic rings. The molecular formula is C26H28FNO. The van der Waals surface area contributed by atoms with Crippen LogP contribution in [0.5, 0.6) is 5.75 Å². The maximum absolute atomic E-state index is 14.9. The summed E-state index contributed by atoms with van der Waals surface area (Å²) < 4.78 is 20.5. The van der Waals surface area contributed by atoms with Gasteiger partial charge in [-0.05, 0) is 60.5 Å². The van der Waals surface area contributed by atoms with Crippen LogP contribution in [0.25, 0.3) is 11.1 Å². The molecule has 0 aliphatic heterocycles. The Kier molecular flexibility index (Phi) is 7.20. The Hall–Kier alpha value is -2.91. The molecular weight excluding hydrogens is 361 g/mol. The molecule has 0 heterocycles. The van der Waals surface area contributed by atoms with Crippen LogP contribution >= 0.6 is 0 Å². The van der Waals surface area contributed by atoms with E-state index in [1.807, 2.05) is 61.5 Å². The van der Waals surface area contributed by atoms with E-state index in [9.17, 15) is 4.39 Å². The Balaban J connectivity index is 2.06. The lowest BCUT2D eigenvalue weighted by Gasteiger charge is -2.17. The highest BCUT2D eigenvalue weighted by atomic mass is 19.1. The van der Waals surface area contributed by atoms with Gasteiger partial charge in [-0.1, -0.05) is 73.7 Å². The molecule has 2 nitrogen and oxygen atoms in total. The predicted molar refractivity (Wildman–Crippen MR) is 120 cm³/mol. The second-order valence-corrected chi connectivity index (χ2v) is 7.24. The summed E-state index contributed by atoms with van der Waals surface area (Å²) in [6.07, 6.45) is 0.844. The Morgan fingerprint density at radius 1 is 0.828 bits per heavy atom. The number of hydrogen-bond acceptors (Lipinski definition) is 2. The van der Waals surface area contributed by atoms with Gasteiger partial charge in [0.2, 0.25) is 0 Å². The third-order valence-electron chi connectivity index (χ3n) is 4.86. The third-order valence-corrected chi connectivity index (χ3v) is 4.86. The zero-order valence-corrected chi connectivity index (χ0v) is 17.4. The monoisotopic (exact) mass is 389 g/mol. The first-order valence-electron chi connectivity index (χ1n) is 10.0. The van der Waals surface area contributed by atoms with Crippen LogP contribution in [-0.4, -0.2) is 32.1 Å². The number of allylic oxidation sites excluding steroid dienone is 1. The fourth-order valence-corrected chi connectivity index (χ4v) is 3.40. The van der Waals surface area contributed by atoms with Crippen molar-refractivity contribution in [1.82, 2.24) is 4.90 Å². The Bertz CT molecular complexity index is 949. The smallest absolute Gasteiger partial charge is 0.165 e. The number of hydrogen-bond donors (Lipinski definition) is 0. The van der Waals surface area contributed by atoms with Crippen LogP contribution in [0.4, 0.5) is 4.39 Å². The summed E-state index contributed by atoms with van der Waals surface area (Å²) in [5.74, 6) is -0.0426. The highest BCUT2D eigenvalue weighted by molar-refractivity contribution is 5.98. The summed E-state index contributed by atoms with van der Waals surface area (Å²) in [5, 5.41) is 0. The van der Waals surface area contributed by atoms with Gasteiger partial charge < -0.3 is 9.64 Å². The molecule has 0 saturated carbocycles. The first kappa shape index (κ1) is 20.8. The summed E-state index contributed by atoms with van der Waals surface area (Å²) >= 11 is 0. The number of halogens is 1. The van der Waals surface area contributed by atoms with Gasteiger partial charge in [0.25, 0.3) is 0 Å². The lowest BCUT2D eigenvalue weighted by Crippen LogP contribution is -2.19. The normalized spacial score (nSPS) is 12.0. The molecule has 3 rings (SSSR count). The minimum absolute atomic E-state index is 0.292. The second-order valence-electron chi connectivity index (χ2n) is 7.24. The van der Waals surface area contributed by atoms with Crippen molar-refractivity contribution in [2.75, 3.05) is 27.2 Å². The van der Waals surface area contributed by atoms with E-state index < -0.39 is 0 Å². The molecule has 0 atom stereocenters. The van der Waals surface area contributed by atoms with Crippen molar-refractivity contribution < 1.29 is 9.13 Å². The van der Waals surface area contributed by atoms with Crippen molar-refractivity contribution in [3.8, 4) is 5.75 Å². The molecule has 3 aromatic carbocycles. The van der Waals surface area contributed by atoms with E-state index in [0.29, 0.717) is 12.4 Å². The summed E-state index contributed by atoms with van der Waals surface area (Å²) in [6, 6.07) is 25.8. The highest BCUT2D eigenvalue weighted by Crippen LogP contribution is 2.35. The minimum atomic E-state index is -0.335. The van der Waals surface area contributed by atoms with Gasteiger partial charge >= 0.3 is 0 Å². The fourth-order valence-electron chi connectivity index (χ4n) is 3.40. The van der Waals surface area contributed by atoms with Crippen molar-refractivity contribution in [3.05, 3.63) is 101 Å². The maximum Gasteiger partial charge on any atom is 0.165 e. The molecule has 3 aromatic rings. The molecule has 0 N–H and O–H groups in total. The molecule has 29 heavy (non-hydrogen) atoms. The molecule has 0 aromatic heterocycles. The van der Waals surface area contributed by atoms with E-state index in [1.165, 1.54) is 5.57 Å². The van der Waals surface area contributed by atoms with Crippen LogP contribution in [0, 0.1) is 5.82 Å². The van der Waals surface area contributed by atoms with E-state index in [0.717, 1.165) is 35.2 Å². The summed E-state index contributed by atoms with van der Waals surface area (Å²) in [4.78, 5) is 2.01. The van der Waals surface area contributed by atoms with E-state index in [4.69, 9.17) is 4.74 Å². The van der Waals surface area contributed by atoms with Crippen LogP contribution in [0.15, 0.2) is 78.9 Å². The average Bonchev–Trinajstić information content (AvgIpc) is 2.74.